The largest absolute Gasteiger partial charge is 0.507 e. The van der Waals surface area contributed by atoms with Gasteiger partial charge in [0.05, 0.1) is 4.90 Å². The third kappa shape index (κ3) is 3.24. The number of benzene rings is 2. The minimum Gasteiger partial charge on any atom is -0.507 e. The van der Waals surface area contributed by atoms with Gasteiger partial charge >= 0.3 is 0 Å². The summed E-state index contributed by atoms with van der Waals surface area (Å²) in [5.41, 5.74) is 0.504. The zero-order valence-corrected chi connectivity index (χ0v) is 10.1. The van der Waals surface area contributed by atoms with E-state index in [1.807, 2.05) is 0 Å². The second kappa shape index (κ2) is 5.55. The summed E-state index contributed by atoms with van der Waals surface area (Å²) in [6.45, 7) is 0. The maximum atomic E-state index is 12.7. The lowest BCUT2D eigenvalue weighted by molar-refractivity contribution is 0.269. The van der Waals surface area contributed by atoms with Gasteiger partial charge in [0, 0.05) is 5.69 Å². The van der Waals surface area contributed by atoms with Gasteiger partial charge in [-0.1, -0.05) is 12.1 Å². The Morgan fingerprint density at radius 1 is 1.11 bits per heavy atom. The quantitative estimate of drug-likeness (QED) is 0.809. The number of carbonyl (C=O) groups is 1. The fourth-order valence-corrected chi connectivity index (χ4v) is 2.01. The molecule has 2 aromatic rings. The fraction of sp³-hybridized carbons (Fsp3) is 0. The molecule has 0 aliphatic rings. The Morgan fingerprint density at radius 2 is 1.78 bits per heavy atom. The van der Waals surface area contributed by atoms with Gasteiger partial charge in [0.1, 0.15) is 11.6 Å². The number of nitrogens with one attached hydrogen (secondary N) is 1. The van der Waals surface area contributed by atoms with Crippen LogP contribution in [-0.4, -0.2) is 10.3 Å². The van der Waals surface area contributed by atoms with Crippen LogP contribution in [0.2, 0.25) is 0 Å². The maximum Gasteiger partial charge on any atom is 0.288 e. The first-order valence-electron chi connectivity index (χ1n) is 5.17. The minimum atomic E-state index is -0.360. The van der Waals surface area contributed by atoms with E-state index in [-0.39, 0.29) is 16.8 Å². The van der Waals surface area contributed by atoms with Crippen molar-refractivity contribution >= 4 is 22.7 Å². The molecule has 0 aliphatic carbocycles. The van der Waals surface area contributed by atoms with E-state index in [4.69, 9.17) is 0 Å². The molecule has 3 nitrogen and oxygen atoms in total. The first-order chi connectivity index (χ1) is 8.65. The summed E-state index contributed by atoms with van der Waals surface area (Å²) >= 11 is 0.875. The normalized spacial score (nSPS) is 10.1. The molecule has 2 N–H and O–H groups in total. The maximum absolute atomic E-state index is 12.7. The van der Waals surface area contributed by atoms with Crippen LogP contribution in [0.25, 0.3) is 0 Å². The van der Waals surface area contributed by atoms with E-state index in [0.717, 1.165) is 11.8 Å². The number of aromatic hydroxyl groups is 1. The standard InChI is InChI=1S/C13H10FNO2S/c14-9-5-7-10(8-6-9)15-13(17)18-12-4-2-1-3-11(12)16/h1-8,16H,(H,15,17). The number of hydrogen-bond acceptors (Lipinski definition) is 3. The summed E-state index contributed by atoms with van der Waals surface area (Å²) in [6.07, 6.45) is 0. The number of rotatable bonds is 2. The van der Waals surface area contributed by atoms with Gasteiger partial charge in [0.2, 0.25) is 0 Å². The second-order valence-electron chi connectivity index (χ2n) is 3.49. The van der Waals surface area contributed by atoms with Crippen molar-refractivity contribution in [1.29, 1.82) is 0 Å². The van der Waals surface area contributed by atoms with Gasteiger partial charge in [-0.15, -0.1) is 0 Å². The highest BCUT2D eigenvalue weighted by Gasteiger charge is 2.08. The van der Waals surface area contributed by atoms with Crippen LogP contribution in [-0.2, 0) is 0 Å². The van der Waals surface area contributed by atoms with Gasteiger partial charge in [-0.3, -0.25) is 4.79 Å². The summed E-state index contributed by atoms with van der Waals surface area (Å²) in [5.74, 6) is -0.307. The number of halogens is 1. The third-order valence-electron chi connectivity index (χ3n) is 2.16. The van der Waals surface area contributed by atoms with Gasteiger partial charge in [-0.2, -0.15) is 0 Å². The van der Waals surface area contributed by atoms with Crippen molar-refractivity contribution in [2.24, 2.45) is 0 Å². The average molecular weight is 263 g/mol. The topological polar surface area (TPSA) is 49.3 Å². The van der Waals surface area contributed by atoms with Crippen LogP contribution in [0, 0.1) is 5.82 Å². The smallest absolute Gasteiger partial charge is 0.288 e. The number of anilines is 1. The van der Waals surface area contributed by atoms with E-state index in [1.54, 1.807) is 18.2 Å². The summed E-state index contributed by atoms with van der Waals surface area (Å²) in [7, 11) is 0. The Balaban J connectivity index is 2.01. The Morgan fingerprint density at radius 3 is 2.44 bits per heavy atom. The molecule has 18 heavy (non-hydrogen) atoms. The number of amides is 1. The van der Waals surface area contributed by atoms with Crippen LogP contribution in [0.15, 0.2) is 53.4 Å². The highest BCUT2D eigenvalue weighted by molar-refractivity contribution is 8.14. The van der Waals surface area contributed by atoms with Crippen molar-refractivity contribution in [2.75, 3.05) is 5.32 Å². The van der Waals surface area contributed by atoms with Crippen molar-refractivity contribution < 1.29 is 14.3 Å². The lowest BCUT2D eigenvalue weighted by Crippen LogP contribution is -2.04. The van der Waals surface area contributed by atoms with Crippen molar-refractivity contribution in [3.63, 3.8) is 0 Å². The molecule has 0 radical (unpaired) electrons. The molecule has 0 aromatic heterocycles. The molecule has 5 heteroatoms. The number of phenolic OH excluding ortho intramolecular Hbond substituents is 1. The molecule has 2 rings (SSSR count). The molecule has 92 valence electrons. The van der Waals surface area contributed by atoms with Crippen LogP contribution >= 0.6 is 11.8 Å². The van der Waals surface area contributed by atoms with Crippen LogP contribution in [0.5, 0.6) is 5.75 Å². The van der Waals surface area contributed by atoms with Crippen LogP contribution in [0.3, 0.4) is 0 Å². The van der Waals surface area contributed by atoms with E-state index < -0.39 is 0 Å². The molecular formula is C13H10FNO2S. The van der Waals surface area contributed by atoms with Gasteiger partial charge in [-0.05, 0) is 48.2 Å². The van der Waals surface area contributed by atoms with Crippen LogP contribution in [0.1, 0.15) is 0 Å². The zero-order chi connectivity index (χ0) is 13.0. The molecule has 0 fully saturated rings. The lowest BCUT2D eigenvalue weighted by atomic mass is 10.3. The summed E-state index contributed by atoms with van der Waals surface area (Å²) in [4.78, 5) is 12.1. The van der Waals surface area contributed by atoms with E-state index >= 15 is 0 Å². The molecular weight excluding hydrogens is 253 g/mol. The Kier molecular flexibility index (Phi) is 3.84. The molecule has 0 bridgehead atoms. The molecule has 0 aliphatic heterocycles. The highest BCUT2D eigenvalue weighted by Crippen LogP contribution is 2.29. The number of thioether (sulfide) groups is 1. The van der Waals surface area contributed by atoms with Gasteiger partial charge in [0.15, 0.2) is 0 Å². The van der Waals surface area contributed by atoms with Crippen LogP contribution < -0.4 is 5.32 Å². The minimum absolute atomic E-state index is 0.0526. The summed E-state index contributed by atoms with van der Waals surface area (Å²) < 4.78 is 12.7. The van der Waals surface area contributed by atoms with Gasteiger partial charge in [0.25, 0.3) is 5.24 Å². The average Bonchev–Trinajstić information content (AvgIpc) is 2.35. The predicted octanol–water partition coefficient (Wildman–Crippen LogP) is 3.86. The Hall–Kier alpha value is -2.01. The highest BCUT2D eigenvalue weighted by atomic mass is 32.2. The summed E-state index contributed by atoms with van der Waals surface area (Å²) in [5, 5.41) is 11.8. The van der Waals surface area contributed by atoms with Gasteiger partial charge in [-0.25, -0.2) is 4.39 Å². The predicted molar refractivity (Wildman–Crippen MR) is 69.4 cm³/mol. The van der Waals surface area contributed by atoms with E-state index in [9.17, 15) is 14.3 Å². The molecule has 0 saturated heterocycles. The van der Waals surface area contributed by atoms with E-state index in [1.165, 1.54) is 30.3 Å². The molecule has 0 unspecified atom stereocenters. The SMILES string of the molecule is O=C(Nc1ccc(F)cc1)Sc1ccccc1O. The van der Waals surface area contributed by atoms with Crippen molar-refractivity contribution in [3.05, 3.63) is 54.3 Å². The molecule has 0 atom stereocenters. The lowest BCUT2D eigenvalue weighted by Gasteiger charge is -2.05. The van der Waals surface area contributed by atoms with E-state index in [2.05, 4.69) is 5.32 Å². The number of hydrogen-bond donors (Lipinski definition) is 2. The molecule has 2 aromatic carbocycles. The van der Waals surface area contributed by atoms with Gasteiger partial charge < -0.3 is 10.4 Å². The zero-order valence-electron chi connectivity index (χ0n) is 9.26. The van der Waals surface area contributed by atoms with Crippen LogP contribution in [0.4, 0.5) is 14.9 Å². The number of para-hydroxylation sites is 1. The molecule has 0 spiro atoms. The second-order valence-corrected chi connectivity index (χ2v) is 4.50. The number of phenols is 1. The third-order valence-corrected chi connectivity index (χ3v) is 3.01. The number of carbonyl (C=O) groups excluding carboxylic acids is 1. The first-order valence-corrected chi connectivity index (χ1v) is 5.99. The Bertz CT molecular complexity index is 557. The first kappa shape index (κ1) is 12.4. The van der Waals surface area contributed by atoms with Crippen molar-refractivity contribution in [2.45, 2.75) is 4.90 Å². The monoisotopic (exact) mass is 263 g/mol. The Labute approximate surface area is 108 Å². The van der Waals surface area contributed by atoms with E-state index in [0.29, 0.717) is 10.6 Å². The molecule has 1 amide bonds. The van der Waals surface area contributed by atoms with Crippen molar-refractivity contribution in [1.82, 2.24) is 0 Å². The fourth-order valence-electron chi connectivity index (χ4n) is 1.32. The van der Waals surface area contributed by atoms with Crippen molar-refractivity contribution in [3.8, 4) is 5.75 Å². The molecule has 0 heterocycles. The molecule has 0 saturated carbocycles. The summed E-state index contributed by atoms with van der Waals surface area (Å²) in [6, 6.07) is 12.0.